The van der Waals surface area contributed by atoms with E-state index in [1.165, 1.54) is 327 Å². The van der Waals surface area contributed by atoms with Crippen LogP contribution in [0.15, 0.2) is 24.3 Å². The van der Waals surface area contributed by atoms with Crippen LogP contribution >= 0.6 is 0 Å². The molecule has 0 saturated heterocycles. The van der Waals surface area contributed by atoms with E-state index in [1.807, 2.05) is 0 Å². The molecule has 6 nitrogen and oxygen atoms in total. The van der Waals surface area contributed by atoms with Crippen molar-refractivity contribution in [2.24, 2.45) is 0 Å². The molecule has 0 aromatic rings. The molecule has 1 unspecified atom stereocenters. The zero-order chi connectivity index (χ0) is 59.9. The first-order chi connectivity index (χ1) is 41.0. The molecule has 490 valence electrons. The van der Waals surface area contributed by atoms with Crippen LogP contribution in [0.1, 0.15) is 432 Å². The minimum Gasteiger partial charge on any atom is -0.462 e. The fraction of sp³-hybridized carbons (Fsp3) is 0.909. The van der Waals surface area contributed by atoms with Crippen LogP contribution in [0.5, 0.6) is 0 Å². The molecule has 0 aromatic carbocycles. The summed E-state index contributed by atoms with van der Waals surface area (Å²) in [5, 5.41) is 0. The molecule has 1 atom stereocenters. The van der Waals surface area contributed by atoms with E-state index in [0.29, 0.717) is 19.3 Å². The number of esters is 3. The molecule has 0 bridgehead atoms. The number of carbonyl (C=O) groups is 3. The maximum atomic E-state index is 13.0. The van der Waals surface area contributed by atoms with Gasteiger partial charge in [0.2, 0.25) is 0 Å². The van der Waals surface area contributed by atoms with E-state index in [4.69, 9.17) is 14.2 Å². The molecule has 6 heteroatoms. The fourth-order valence-electron chi connectivity index (χ4n) is 11.8. The number of rotatable bonds is 71. The van der Waals surface area contributed by atoms with Gasteiger partial charge in [0.25, 0.3) is 0 Å². The van der Waals surface area contributed by atoms with E-state index in [2.05, 4.69) is 45.1 Å². The van der Waals surface area contributed by atoms with E-state index in [0.717, 1.165) is 64.2 Å². The van der Waals surface area contributed by atoms with Gasteiger partial charge in [-0.3, -0.25) is 14.4 Å². The van der Waals surface area contributed by atoms with Gasteiger partial charge in [0, 0.05) is 19.3 Å². The molecule has 0 radical (unpaired) electrons. The Hall–Kier alpha value is -2.11. The number of carbonyl (C=O) groups excluding carboxylic acids is 3. The molecule has 0 heterocycles. The van der Waals surface area contributed by atoms with Gasteiger partial charge in [-0.05, 0) is 51.4 Å². The molecule has 0 amide bonds. The molecule has 83 heavy (non-hydrogen) atoms. The van der Waals surface area contributed by atoms with Crippen LogP contribution in [-0.4, -0.2) is 37.2 Å². The third-order valence-corrected chi connectivity index (χ3v) is 17.5. The van der Waals surface area contributed by atoms with Gasteiger partial charge in [0.05, 0.1) is 0 Å². The topological polar surface area (TPSA) is 78.9 Å². The Morgan fingerprint density at radius 3 is 0.663 bits per heavy atom. The number of unbranched alkanes of at least 4 members (excludes halogenated alkanes) is 56. The minimum atomic E-state index is -0.768. The lowest BCUT2D eigenvalue weighted by Crippen LogP contribution is -2.30. The Bertz CT molecular complexity index is 1340. The molecule has 0 aliphatic carbocycles. The van der Waals surface area contributed by atoms with Crippen molar-refractivity contribution in [3.05, 3.63) is 24.3 Å². The second-order valence-electron chi connectivity index (χ2n) is 25.9. The second kappa shape index (κ2) is 72.4. The highest BCUT2D eigenvalue weighted by atomic mass is 16.6. The zero-order valence-electron chi connectivity index (χ0n) is 56.5. The predicted octanol–water partition coefficient (Wildman–Crippen LogP) is 26.1. The molecular formula is C77H146O6. The summed E-state index contributed by atoms with van der Waals surface area (Å²) in [4.78, 5) is 38.6. The molecule has 0 N–H and O–H groups in total. The molecule has 0 saturated carbocycles. The van der Waals surface area contributed by atoms with Gasteiger partial charge in [-0.2, -0.15) is 0 Å². The molecule has 0 aliphatic heterocycles. The van der Waals surface area contributed by atoms with Crippen LogP contribution < -0.4 is 0 Å². The van der Waals surface area contributed by atoms with Crippen molar-refractivity contribution in [1.82, 2.24) is 0 Å². The first-order valence-electron chi connectivity index (χ1n) is 37.8. The van der Waals surface area contributed by atoms with Crippen molar-refractivity contribution in [3.63, 3.8) is 0 Å². The highest BCUT2D eigenvalue weighted by Gasteiger charge is 2.20. The van der Waals surface area contributed by atoms with Crippen LogP contribution in [0.4, 0.5) is 0 Å². The highest BCUT2D eigenvalue weighted by molar-refractivity contribution is 5.71. The summed E-state index contributed by atoms with van der Waals surface area (Å²) in [6.07, 6.45) is 89.3. The molecule has 0 spiro atoms. The van der Waals surface area contributed by atoms with Gasteiger partial charge in [-0.15, -0.1) is 0 Å². The molecular weight excluding hydrogens is 1020 g/mol. The van der Waals surface area contributed by atoms with Crippen LogP contribution in [0, 0.1) is 0 Å². The van der Waals surface area contributed by atoms with Gasteiger partial charge in [0.15, 0.2) is 6.10 Å². The summed E-state index contributed by atoms with van der Waals surface area (Å²) in [6.45, 7) is 6.73. The Kier molecular flexibility index (Phi) is 70.5. The van der Waals surface area contributed by atoms with Crippen LogP contribution in [0.3, 0.4) is 0 Å². The SMILES string of the molecule is CCCCCCC/C=C\C/C=C\CCCCCCCCCCCCCCCCCC(=O)OCC(COC(=O)CCCCCCCCCCCCCCCCCCCC)OC(=O)CCCCCCCCCCCCCCCCCCCCCC. The zero-order valence-corrected chi connectivity index (χ0v) is 56.5. The molecule has 0 rings (SSSR count). The van der Waals surface area contributed by atoms with Gasteiger partial charge < -0.3 is 14.2 Å². The number of allylic oxidation sites excluding steroid dienone is 4. The second-order valence-corrected chi connectivity index (χ2v) is 25.9. The standard InChI is InChI=1S/C77H146O6/c1-4-7-10-13-16-19-22-25-28-31-34-36-37-38-39-40-41-42-44-46-49-52-55-58-61-64-67-70-76(79)82-73-74(72-81-75(78)69-66-63-60-57-54-51-48-45-33-30-27-24-21-18-15-12-9-6-3)83-77(80)71-68-65-62-59-56-53-50-47-43-35-32-29-26-23-20-17-14-11-8-5-2/h22,25,31,34,74H,4-21,23-24,26-30,32-33,35-73H2,1-3H3/b25-22-,34-31-. The first-order valence-corrected chi connectivity index (χ1v) is 37.8. The maximum Gasteiger partial charge on any atom is 0.306 e. The Balaban J connectivity index is 4.25. The Morgan fingerprint density at radius 1 is 0.241 bits per heavy atom. The average molecular weight is 1170 g/mol. The summed E-state index contributed by atoms with van der Waals surface area (Å²) in [7, 11) is 0. The highest BCUT2D eigenvalue weighted by Crippen LogP contribution is 2.19. The normalized spacial score (nSPS) is 12.1. The number of hydrogen-bond donors (Lipinski definition) is 0. The van der Waals surface area contributed by atoms with Gasteiger partial charge >= 0.3 is 17.9 Å². The van der Waals surface area contributed by atoms with E-state index >= 15 is 0 Å². The lowest BCUT2D eigenvalue weighted by Gasteiger charge is -2.18. The first kappa shape index (κ1) is 80.9. The summed E-state index contributed by atoms with van der Waals surface area (Å²) in [5.74, 6) is -0.823. The van der Waals surface area contributed by atoms with Crippen LogP contribution in [0.2, 0.25) is 0 Å². The van der Waals surface area contributed by atoms with Crippen molar-refractivity contribution in [1.29, 1.82) is 0 Å². The predicted molar refractivity (Wildman–Crippen MR) is 363 cm³/mol. The Morgan fingerprint density at radius 2 is 0.434 bits per heavy atom. The van der Waals surface area contributed by atoms with E-state index in [-0.39, 0.29) is 31.1 Å². The maximum absolute atomic E-state index is 13.0. The lowest BCUT2D eigenvalue weighted by atomic mass is 10.0. The van der Waals surface area contributed by atoms with Gasteiger partial charge in [-0.25, -0.2) is 0 Å². The van der Waals surface area contributed by atoms with Crippen molar-refractivity contribution in [2.75, 3.05) is 13.2 Å². The number of ether oxygens (including phenoxy) is 3. The number of hydrogen-bond acceptors (Lipinski definition) is 6. The van der Waals surface area contributed by atoms with E-state index < -0.39 is 6.10 Å². The third-order valence-electron chi connectivity index (χ3n) is 17.5. The summed E-state index contributed by atoms with van der Waals surface area (Å²) < 4.78 is 17.1. The van der Waals surface area contributed by atoms with E-state index in [1.54, 1.807) is 0 Å². The largest absolute Gasteiger partial charge is 0.462 e. The molecule has 0 fully saturated rings. The lowest BCUT2D eigenvalue weighted by molar-refractivity contribution is -0.167. The van der Waals surface area contributed by atoms with Crippen molar-refractivity contribution in [2.45, 2.75) is 438 Å². The Labute approximate surface area is 519 Å². The average Bonchev–Trinajstić information content (AvgIpc) is 3.49. The fourth-order valence-corrected chi connectivity index (χ4v) is 11.8. The monoisotopic (exact) mass is 1170 g/mol. The summed E-state index contributed by atoms with van der Waals surface area (Å²) >= 11 is 0. The quantitative estimate of drug-likeness (QED) is 0.0261. The summed E-state index contributed by atoms with van der Waals surface area (Å²) in [5.41, 5.74) is 0. The van der Waals surface area contributed by atoms with Gasteiger partial charge in [0.1, 0.15) is 13.2 Å². The van der Waals surface area contributed by atoms with Crippen LogP contribution in [0.25, 0.3) is 0 Å². The smallest absolute Gasteiger partial charge is 0.306 e. The van der Waals surface area contributed by atoms with Crippen molar-refractivity contribution < 1.29 is 28.6 Å². The van der Waals surface area contributed by atoms with Crippen molar-refractivity contribution >= 4 is 17.9 Å². The minimum absolute atomic E-state index is 0.0630. The summed E-state index contributed by atoms with van der Waals surface area (Å²) in [6, 6.07) is 0. The molecule has 0 aliphatic rings. The van der Waals surface area contributed by atoms with Crippen molar-refractivity contribution in [3.8, 4) is 0 Å². The third kappa shape index (κ3) is 70.5. The van der Waals surface area contributed by atoms with E-state index in [9.17, 15) is 14.4 Å². The molecule has 0 aromatic heterocycles. The van der Waals surface area contributed by atoms with Crippen LogP contribution in [-0.2, 0) is 28.6 Å². The van der Waals surface area contributed by atoms with Gasteiger partial charge in [-0.1, -0.05) is 385 Å².